The fourth-order valence-electron chi connectivity index (χ4n) is 8.80. The van der Waals surface area contributed by atoms with E-state index in [9.17, 15) is 19.2 Å². The number of fused-ring (bicyclic) bond motifs is 3. The van der Waals surface area contributed by atoms with Crippen LogP contribution < -0.4 is 19.8 Å². The molecule has 0 aromatic heterocycles. The van der Waals surface area contributed by atoms with E-state index in [0.29, 0.717) is 35.8 Å². The molecule has 1 aliphatic carbocycles. The molecule has 0 atom stereocenters. The predicted octanol–water partition coefficient (Wildman–Crippen LogP) is 10.6. The van der Waals surface area contributed by atoms with Crippen LogP contribution in [0.2, 0.25) is 38.3 Å². The summed E-state index contributed by atoms with van der Waals surface area (Å²) in [5.74, 6) is -0.822. The third-order valence-corrected chi connectivity index (χ3v) is 19.5. The summed E-state index contributed by atoms with van der Waals surface area (Å²) in [4.78, 5) is 50.0. The predicted molar refractivity (Wildman–Crippen MR) is 262 cm³/mol. The van der Waals surface area contributed by atoms with Gasteiger partial charge in [0.2, 0.25) is 0 Å². The second kappa shape index (κ2) is 19.9. The zero-order valence-electron chi connectivity index (χ0n) is 37.4. The maximum Gasteiger partial charge on any atom is 0.343 e. The van der Waals surface area contributed by atoms with Crippen molar-refractivity contribution in [3.63, 3.8) is 0 Å². The van der Waals surface area contributed by atoms with Crippen LogP contribution in [0.15, 0.2) is 171 Å². The molecule has 0 bridgehead atoms. The molecular weight excluding hydrogens is 845 g/mol. The number of ether oxygens (including phenoxy) is 4. The highest BCUT2D eigenvalue weighted by molar-refractivity contribution is 6.90. The SMILES string of the molecule is C=CC(=O)OCCC[Si](C)(C)c1ccc(OC(=O)c2ccc(C3(c4ccc(C(=O)Oc5ccc([Si](C)(C)CCCOC(=O)C=C)cc5)cc4)c4ccccc4-c4ccccc43)cc2)cc1. The number of carbonyl (C=O) groups excluding carboxylic acids is 4. The molecule has 330 valence electrons. The summed E-state index contributed by atoms with van der Waals surface area (Å²) < 4.78 is 22.1. The molecule has 0 saturated carbocycles. The lowest BCUT2D eigenvalue weighted by atomic mass is 9.67. The molecule has 7 rings (SSSR count). The minimum absolute atomic E-state index is 0.360. The van der Waals surface area contributed by atoms with Crippen molar-refractivity contribution < 1.29 is 38.1 Å². The van der Waals surface area contributed by atoms with Crippen LogP contribution in [0.1, 0.15) is 55.8 Å². The highest BCUT2D eigenvalue weighted by Crippen LogP contribution is 2.56. The molecule has 8 nitrogen and oxygen atoms in total. The van der Waals surface area contributed by atoms with Crippen molar-refractivity contribution in [2.75, 3.05) is 13.2 Å². The van der Waals surface area contributed by atoms with Crippen LogP contribution in [0.3, 0.4) is 0 Å². The normalized spacial score (nSPS) is 12.6. The standard InChI is InChI=1S/C55H54O8Si2/c1-7-51(56)60-35-13-37-64(3,4)45-31-27-43(28-32-45)62-53(58)39-19-23-41(24-20-39)55(49-17-11-9-15-47(49)48-16-10-12-18-50(48)55)42-25-21-40(22-26-42)54(59)63-44-29-33-46(34-30-44)65(5,6)38-14-36-61-52(57)8-2/h7-12,15-34H,1-2,13-14,35-38H2,3-6H3. The lowest BCUT2D eigenvalue weighted by Crippen LogP contribution is -2.41. The Balaban J connectivity index is 1.09. The van der Waals surface area contributed by atoms with Crippen molar-refractivity contribution >= 4 is 50.4 Å². The number of rotatable bonds is 18. The number of hydrogen-bond acceptors (Lipinski definition) is 8. The third-order valence-electron chi connectivity index (χ3n) is 12.5. The van der Waals surface area contributed by atoms with E-state index in [1.165, 1.54) is 22.5 Å². The molecule has 0 aliphatic heterocycles. The van der Waals surface area contributed by atoms with Crippen LogP contribution in [0.25, 0.3) is 11.1 Å². The van der Waals surface area contributed by atoms with Crippen molar-refractivity contribution in [1.82, 2.24) is 0 Å². The van der Waals surface area contributed by atoms with Crippen molar-refractivity contribution in [2.45, 2.75) is 56.5 Å². The minimum atomic E-state index is -1.82. The second-order valence-corrected chi connectivity index (χ2v) is 27.2. The Kier molecular flexibility index (Phi) is 14.1. The van der Waals surface area contributed by atoms with E-state index in [1.54, 1.807) is 0 Å². The van der Waals surface area contributed by atoms with Gasteiger partial charge in [-0.2, -0.15) is 0 Å². The molecule has 0 unspecified atom stereocenters. The Morgan fingerprint density at radius 3 is 1.20 bits per heavy atom. The zero-order valence-corrected chi connectivity index (χ0v) is 39.4. The van der Waals surface area contributed by atoms with E-state index in [1.807, 2.05) is 121 Å². The molecule has 0 fully saturated rings. The van der Waals surface area contributed by atoms with Crippen molar-refractivity contribution in [3.05, 3.63) is 204 Å². The van der Waals surface area contributed by atoms with Gasteiger partial charge in [-0.15, -0.1) is 0 Å². The Hall–Kier alpha value is -6.89. The van der Waals surface area contributed by atoms with Gasteiger partial charge in [0.15, 0.2) is 0 Å². The quantitative estimate of drug-likeness (QED) is 0.0276. The van der Waals surface area contributed by atoms with E-state index in [0.717, 1.165) is 58.3 Å². The fraction of sp³-hybridized carbons (Fsp3) is 0.200. The van der Waals surface area contributed by atoms with Crippen LogP contribution in [0.5, 0.6) is 11.5 Å². The van der Waals surface area contributed by atoms with E-state index in [2.05, 4.69) is 63.6 Å². The van der Waals surface area contributed by atoms with Crippen LogP contribution >= 0.6 is 0 Å². The van der Waals surface area contributed by atoms with Crippen molar-refractivity contribution in [2.24, 2.45) is 0 Å². The Labute approximate surface area is 383 Å². The van der Waals surface area contributed by atoms with Gasteiger partial charge in [-0.1, -0.05) is 159 Å². The van der Waals surface area contributed by atoms with Gasteiger partial charge < -0.3 is 18.9 Å². The van der Waals surface area contributed by atoms with E-state index in [4.69, 9.17) is 18.9 Å². The number of esters is 4. The van der Waals surface area contributed by atoms with Crippen LogP contribution in [0, 0.1) is 0 Å². The summed E-state index contributed by atoms with van der Waals surface area (Å²) in [5.41, 5.74) is 6.43. The summed E-state index contributed by atoms with van der Waals surface area (Å²) in [6.45, 7) is 16.7. The van der Waals surface area contributed by atoms with Gasteiger partial charge in [0, 0.05) is 12.2 Å². The van der Waals surface area contributed by atoms with Gasteiger partial charge in [0.25, 0.3) is 0 Å². The first-order chi connectivity index (χ1) is 31.3. The van der Waals surface area contributed by atoms with E-state index >= 15 is 0 Å². The lowest BCUT2D eigenvalue weighted by Gasteiger charge is -2.34. The first kappa shape index (κ1) is 46.1. The smallest absolute Gasteiger partial charge is 0.343 e. The third kappa shape index (κ3) is 10.1. The highest BCUT2D eigenvalue weighted by atomic mass is 28.3. The average Bonchev–Trinajstić information content (AvgIpc) is 3.63. The number of carbonyl (C=O) groups is 4. The topological polar surface area (TPSA) is 105 Å². The van der Waals surface area contributed by atoms with E-state index < -0.39 is 45.4 Å². The molecule has 6 aromatic carbocycles. The fourth-order valence-corrected chi connectivity index (χ4v) is 13.6. The van der Waals surface area contributed by atoms with Gasteiger partial charge in [0.1, 0.15) is 11.5 Å². The molecule has 65 heavy (non-hydrogen) atoms. The van der Waals surface area contributed by atoms with Gasteiger partial charge in [-0.3, -0.25) is 0 Å². The molecule has 10 heteroatoms. The molecule has 0 N–H and O–H groups in total. The molecule has 1 aliphatic rings. The largest absolute Gasteiger partial charge is 0.463 e. The molecule has 0 spiro atoms. The van der Waals surface area contributed by atoms with Crippen molar-refractivity contribution in [1.29, 1.82) is 0 Å². The monoisotopic (exact) mass is 898 g/mol. The maximum absolute atomic E-state index is 13.6. The van der Waals surface area contributed by atoms with Crippen molar-refractivity contribution in [3.8, 4) is 22.6 Å². The molecule has 0 saturated heterocycles. The van der Waals surface area contributed by atoms with Crippen LogP contribution in [-0.2, 0) is 24.5 Å². The van der Waals surface area contributed by atoms with Gasteiger partial charge >= 0.3 is 23.9 Å². The van der Waals surface area contributed by atoms with Crippen LogP contribution in [0.4, 0.5) is 0 Å². The van der Waals surface area contributed by atoms with Gasteiger partial charge in [0.05, 0.1) is 45.9 Å². The average molecular weight is 899 g/mol. The molecule has 0 radical (unpaired) electrons. The Morgan fingerprint density at radius 1 is 0.492 bits per heavy atom. The summed E-state index contributed by atoms with van der Waals surface area (Å²) in [7, 11) is -3.65. The number of hydrogen-bond donors (Lipinski definition) is 0. The molecule has 0 amide bonds. The van der Waals surface area contributed by atoms with E-state index in [-0.39, 0.29) is 0 Å². The Bertz CT molecular complexity index is 2510. The van der Waals surface area contributed by atoms with Gasteiger partial charge in [-0.05, 0) is 94.8 Å². The molecular formula is C55H54O8Si2. The second-order valence-electron chi connectivity index (χ2n) is 17.5. The summed E-state index contributed by atoms with van der Waals surface area (Å²) in [6.07, 6.45) is 3.88. The first-order valence-corrected chi connectivity index (χ1v) is 28.3. The first-order valence-electron chi connectivity index (χ1n) is 21.9. The summed E-state index contributed by atoms with van der Waals surface area (Å²) >= 11 is 0. The van der Waals surface area contributed by atoms with Gasteiger partial charge in [-0.25, -0.2) is 19.2 Å². The summed E-state index contributed by atoms with van der Waals surface area (Å²) in [6, 6.07) is 49.3. The minimum Gasteiger partial charge on any atom is -0.463 e. The van der Waals surface area contributed by atoms with Crippen LogP contribution in [-0.4, -0.2) is 53.2 Å². The summed E-state index contributed by atoms with van der Waals surface area (Å²) in [5, 5.41) is 2.44. The number of benzene rings is 6. The molecule has 0 heterocycles. The maximum atomic E-state index is 13.6. The Morgan fingerprint density at radius 2 is 0.846 bits per heavy atom. The lowest BCUT2D eigenvalue weighted by molar-refractivity contribution is -0.138. The zero-order chi connectivity index (χ0) is 46.2. The molecule has 6 aromatic rings. The highest BCUT2D eigenvalue weighted by Gasteiger charge is 2.46.